The number of H-pyrrole nitrogens is 1. The smallest absolute Gasteiger partial charge is 0.255 e. The number of pyridine rings is 1. The Morgan fingerprint density at radius 2 is 1.93 bits per heavy atom. The minimum atomic E-state index is -0.225. The fourth-order valence-electron chi connectivity index (χ4n) is 4.75. The average Bonchev–Trinajstić information content (AvgIpc) is 2.71. The summed E-state index contributed by atoms with van der Waals surface area (Å²) in [7, 11) is 0. The fraction of sp³-hybridized carbons (Fsp3) is 0.375. The number of aromatic amines is 1. The molecule has 4 rings (SSSR count). The number of hydrogen-bond donors (Lipinski definition) is 2. The number of hydrogen-bond acceptors (Lipinski definition) is 3. The average molecular weight is 429 g/mol. The van der Waals surface area contributed by atoms with E-state index in [1.54, 1.807) is 12.3 Å². The molecule has 3 aromatic rings. The first-order chi connectivity index (χ1) is 14.4. The molecular weight excluding hydrogens is 403 g/mol. The molecular formula is C24H26ClFN2O2. The lowest BCUT2D eigenvalue weighted by molar-refractivity contribution is 0.110. The number of halogens is 2. The van der Waals surface area contributed by atoms with Gasteiger partial charge in [0.25, 0.3) is 5.56 Å². The van der Waals surface area contributed by atoms with Crippen LogP contribution in [0.3, 0.4) is 0 Å². The van der Waals surface area contributed by atoms with Gasteiger partial charge in [-0.15, -0.1) is 0 Å². The van der Waals surface area contributed by atoms with Crippen LogP contribution in [0.25, 0.3) is 10.8 Å². The Morgan fingerprint density at radius 3 is 2.60 bits per heavy atom. The number of nitrogens with one attached hydrogen (secondary N) is 1. The SMILES string of the molecule is CC(N)C[C@]1(c2ccc(F)cc2)CC[C@H](Oc2cc3cc[nH]c(=O)c3cc2Cl)CC1. The number of ether oxygens (including phenoxy) is 1. The van der Waals surface area contributed by atoms with Gasteiger partial charge >= 0.3 is 0 Å². The van der Waals surface area contributed by atoms with Gasteiger partial charge in [-0.2, -0.15) is 0 Å². The second-order valence-corrected chi connectivity index (χ2v) is 8.87. The fourth-order valence-corrected chi connectivity index (χ4v) is 4.96. The molecule has 1 heterocycles. The van der Waals surface area contributed by atoms with Crippen LogP contribution in [-0.2, 0) is 5.41 Å². The molecule has 6 heteroatoms. The number of fused-ring (bicyclic) bond motifs is 1. The third-order valence-corrected chi connectivity index (χ3v) is 6.47. The Balaban J connectivity index is 1.53. The van der Waals surface area contributed by atoms with Crippen LogP contribution in [0.4, 0.5) is 4.39 Å². The Bertz CT molecular complexity index is 1090. The van der Waals surface area contributed by atoms with Gasteiger partial charge in [-0.3, -0.25) is 4.79 Å². The number of aromatic nitrogens is 1. The van der Waals surface area contributed by atoms with Crippen molar-refractivity contribution in [3.63, 3.8) is 0 Å². The lowest BCUT2D eigenvalue weighted by Crippen LogP contribution is -2.39. The van der Waals surface area contributed by atoms with Gasteiger partial charge in [0, 0.05) is 17.6 Å². The lowest BCUT2D eigenvalue weighted by Gasteiger charge is -2.42. The van der Waals surface area contributed by atoms with E-state index in [4.69, 9.17) is 22.1 Å². The molecule has 0 aliphatic heterocycles. The zero-order valence-electron chi connectivity index (χ0n) is 17.0. The van der Waals surface area contributed by atoms with Crippen LogP contribution in [0.5, 0.6) is 5.75 Å². The number of rotatable bonds is 5. The summed E-state index contributed by atoms with van der Waals surface area (Å²) in [4.78, 5) is 14.6. The normalized spacial score (nSPS) is 22.7. The monoisotopic (exact) mass is 428 g/mol. The van der Waals surface area contributed by atoms with Crippen molar-refractivity contribution in [2.24, 2.45) is 5.73 Å². The highest BCUT2D eigenvalue weighted by Crippen LogP contribution is 2.44. The number of benzene rings is 2. The van der Waals surface area contributed by atoms with E-state index in [1.165, 1.54) is 12.1 Å². The van der Waals surface area contributed by atoms with Gasteiger partial charge in [-0.05, 0) is 85.7 Å². The molecule has 0 saturated heterocycles. The summed E-state index contributed by atoms with van der Waals surface area (Å²) in [5.41, 5.74) is 7.07. The van der Waals surface area contributed by atoms with Crippen molar-refractivity contribution in [3.05, 3.63) is 75.4 Å². The summed E-state index contributed by atoms with van der Waals surface area (Å²) >= 11 is 6.40. The van der Waals surface area contributed by atoms with Crippen molar-refractivity contribution in [2.75, 3.05) is 0 Å². The van der Waals surface area contributed by atoms with Gasteiger partial charge in [0.05, 0.1) is 11.1 Å². The Morgan fingerprint density at radius 1 is 1.23 bits per heavy atom. The van der Waals surface area contributed by atoms with Crippen molar-refractivity contribution >= 4 is 22.4 Å². The maximum absolute atomic E-state index is 13.4. The van der Waals surface area contributed by atoms with Gasteiger partial charge in [0.1, 0.15) is 11.6 Å². The van der Waals surface area contributed by atoms with E-state index >= 15 is 0 Å². The van der Waals surface area contributed by atoms with Crippen molar-refractivity contribution in [2.45, 2.75) is 56.6 Å². The van der Waals surface area contributed by atoms with Gasteiger partial charge in [0.15, 0.2) is 0 Å². The summed E-state index contributed by atoms with van der Waals surface area (Å²) in [6.07, 6.45) is 6.04. The van der Waals surface area contributed by atoms with Gasteiger partial charge < -0.3 is 15.5 Å². The highest BCUT2D eigenvalue weighted by atomic mass is 35.5. The molecule has 1 aromatic heterocycles. The molecule has 0 spiro atoms. The molecule has 1 fully saturated rings. The van der Waals surface area contributed by atoms with Crippen LogP contribution in [0.2, 0.25) is 5.02 Å². The summed E-state index contributed by atoms with van der Waals surface area (Å²) in [5, 5.41) is 1.78. The first-order valence-electron chi connectivity index (χ1n) is 10.4. The third-order valence-electron chi connectivity index (χ3n) is 6.18. The standard InChI is InChI=1S/C24H26ClFN2O2/c1-15(27)14-24(17-2-4-18(26)5-3-17)9-6-19(7-10-24)30-22-12-16-8-11-28-23(29)20(16)13-21(22)25/h2-5,8,11-13,15,19H,6-7,9-10,14,27H2,1H3,(H,28,29)/t15?,19-,24-. The van der Waals surface area contributed by atoms with Gasteiger partial charge in [-0.1, -0.05) is 23.7 Å². The van der Waals surface area contributed by atoms with Crippen LogP contribution >= 0.6 is 11.6 Å². The minimum absolute atomic E-state index is 0.0311. The molecule has 0 radical (unpaired) electrons. The molecule has 158 valence electrons. The molecule has 1 atom stereocenters. The first-order valence-corrected chi connectivity index (χ1v) is 10.7. The third kappa shape index (κ3) is 4.23. The van der Waals surface area contributed by atoms with E-state index < -0.39 is 0 Å². The summed E-state index contributed by atoms with van der Waals surface area (Å²) in [6.45, 7) is 2.02. The molecule has 1 unspecified atom stereocenters. The summed E-state index contributed by atoms with van der Waals surface area (Å²) < 4.78 is 19.7. The minimum Gasteiger partial charge on any atom is -0.489 e. The largest absolute Gasteiger partial charge is 0.489 e. The predicted molar refractivity (Wildman–Crippen MR) is 119 cm³/mol. The molecule has 30 heavy (non-hydrogen) atoms. The van der Waals surface area contributed by atoms with E-state index in [1.807, 2.05) is 31.2 Å². The molecule has 3 N–H and O–H groups in total. The van der Waals surface area contributed by atoms with Crippen LogP contribution in [0.15, 0.2) is 53.5 Å². The van der Waals surface area contributed by atoms with Crippen LogP contribution in [0, 0.1) is 5.82 Å². The molecule has 1 aliphatic rings. The van der Waals surface area contributed by atoms with Crippen molar-refractivity contribution in [3.8, 4) is 5.75 Å². The van der Waals surface area contributed by atoms with E-state index in [0.717, 1.165) is 43.1 Å². The second-order valence-electron chi connectivity index (χ2n) is 8.46. The molecule has 0 amide bonds. The topological polar surface area (TPSA) is 68.1 Å². The highest BCUT2D eigenvalue weighted by molar-refractivity contribution is 6.32. The Hall–Kier alpha value is -2.37. The Labute approximate surface area is 180 Å². The maximum Gasteiger partial charge on any atom is 0.255 e. The quantitative estimate of drug-likeness (QED) is 0.578. The molecule has 1 saturated carbocycles. The zero-order chi connectivity index (χ0) is 21.3. The highest BCUT2D eigenvalue weighted by Gasteiger charge is 2.38. The van der Waals surface area contributed by atoms with Gasteiger partial charge in [-0.25, -0.2) is 4.39 Å². The van der Waals surface area contributed by atoms with Crippen molar-refractivity contribution < 1.29 is 9.13 Å². The Kier molecular flexibility index (Phi) is 5.85. The molecule has 2 aromatic carbocycles. The van der Waals surface area contributed by atoms with Crippen molar-refractivity contribution in [1.82, 2.24) is 4.98 Å². The van der Waals surface area contributed by atoms with E-state index in [2.05, 4.69) is 4.98 Å². The number of nitrogens with two attached hydrogens (primary N) is 1. The summed E-state index contributed by atoms with van der Waals surface area (Å²) in [5.74, 6) is 0.373. The predicted octanol–water partition coefficient (Wildman–Crippen LogP) is 5.32. The van der Waals surface area contributed by atoms with E-state index in [9.17, 15) is 9.18 Å². The molecule has 4 nitrogen and oxygen atoms in total. The second kappa shape index (κ2) is 8.40. The van der Waals surface area contributed by atoms with E-state index in [-0.39, 0.29) is 28.9 Å². The molecule has 0 bridgehead atoms. The van der Waals surface area contributed by atoms with E-state index in [0.29, 0.717) is 16.2 Å². The van der Waals surface area contributed by atoms with Crippen molar-refractivity contribution in [1.29, 1.82) is 0 Å². The van der Waals surface area contributed by atoms with Gasteiger partial charge in [0.2, 0.25) is 0 Å². The van der Waals surface area contributed by atoms with Crippen LogP contribution in [-0.4, -0.2) is 17.1 Å². The zero-order valence-corrected chi connectivity index (χ0v) is 17.7. The van der Waals surface area contributed by atoms with Crippen LogP contribution < -0.4 is 16.0 Å². The molecule has 1 aliphatic carbocycles. The maximum atomic E-state index is 13.4. The summed E-state index contributed by atoms with van der Waals surface area (Å²) in [6, 6.07) is 12.2. The first kappa shape index (κ1) is 20.9. The van der Waals surface area contributed by atoms with Crippen LogP contribution in [0.1, 0.15) is 44.6 Å². The lowest BCUT2D eigenvalue weighted by atomic mass is 9.65.